The molecule has 6 nitrogen and oxygen atoms in total. The van der Waals surface area contributed by atoms with Crippen LogP contribution in [0.3, 0.4) is 0 Å². The number of nitrogens with zero attached hydrogens (tertiary/aromatic N) is 2. The summed E-state index contributed by atoms with van der Waals surface area (Å²) in [6, 6.07) is 12.8. The highest BCUT2D eigenvalue weighted by atomic mass is 16.3. The Morgan fingerprint density at radius 2 is 2.08 bits per heavy atom. The fraction of sp³-hybridized carbons (Fsp3) is 0.368. The number of likely N-dealkylation sites (N-methyl/N-ethyl adjacent to an activating group) is 1. The Morgan fingerprint density at radius 3 is 2.76 bits per heavy atom. The molecular weight excluding hydrogens is 318 g/mol. The first-order chi connectivity index (χ1) is 12.1. The summed E-state index contributed by atoms with van der Waals surface area (Å²) in [4.78, 5) is 28.5. The second-order valence-electron chi connectivity index (χ2n) is 6.35. The van der Waals surface area contributed by atoms with Crippen molar-refractivity contribution in [2.45, 2.75) is 25.4 Å². The van der Waals surface area contributed by atoms with E-state index in [9.17, 15) is 9.59 Å². The van der Waals surface area contributed by atoms with E-state index in [1.165, 1.54) is 0 Å². The average molecular weight is 341 g/mol. The topological polar surface area (TPSA) is 65.8 Å². The zero-order valence-corrected chi connectivity index (χ0v) is 14.5. The number of hydrogen-bond acceptors (Lipinski definition) is 4. The zero-order valence-electron chi connectivity index (χ0n) is 14.5. The monoisotopic (exact) mass is 341 g/mol. The van der Waals surface area contributed by atoms with Crippen molar-refractivity contribution < 1.29 is 14.0 Å². The average Bonchev–Trinajstić information content (AvgIpc) is 3.25. The van der Waals surface area contributed by atoms with Gasteiger partial charge in [-0.15, -0.1) is 0 Å². The third-order valence-corrected chi connectivity index (χ3v) is 4.52. The summed E-state index contributed by atoms with van der Waals surface area (Å²) in [5.74, 6) is 0.626. The molecule has 0 unspecified atom stereocenters. The normalized spacial score (nSPS) is 18.6. The molecule has 1 aliphatic rings. The van der Waals surface area contributed by atoms with Crippen LogP contribution in [0.2, 0.25) is 0 Å². The molecule has 1 aromatic carbocycles. The standard InChI is InChI=1S/C19H23N3O3/c1-14(17-9-6-12-25-17)20-18(23)13-21(2)16-10-11-22(19(16)24)15-7-4-3-5-8-15/h3-9,12,14,16H,10-11,13H2,1-2H3,(H,20,23)/t14-,16-/m0/s1. The van der Waals surface area contributed by atoms with Gasteiger partial charge in [0.15, 0.2) is 0 Å². The van der Waals surface area contributed by atoms with Crippen LogP contribution in [0.4, 0.5) is 5.69 Å². The van der Waals surface area contributed by atoms with Crippen molar-refractivity contribution in [3.63, 3.8) is 0 Å². The number of amides is 2. The largest absolute Gasteiger partial charge is 0.467 e. The molecule has 1 aromatic heterocycles. The van der Waals surface area contributed by atoms with E-state index >= 15 is 0 Å². The number of carbonyl (C=O) groups excluding carboxylic acids is 2. The molecule has 1 aliphatic heterocycles. The van der Waals surface area contributed by atoms with E-state index in [1.807, 2.05) is 55.3 Å². The molecule has 1 fully saturated rings. The summed E-state index contributed by atoms with van der Waals surface area (Å²) in [6.45, 7) is 2.71. The van der Waals surface area contributed by atoms with E-state index in [2.05, 4.69) is 5.32 Å². The van der Waals surface area contributed by atoms with Crippen molar-refractivity contribution in [3.8, 4) is 0 Å². The van der Waals surface area contributed by atoms with Gasteiger partial charge in [-0.3, -0.25) is 14.5 Å². The van der Waals surface area contributed by atoms with Crippen molar-refractivity contribution in [3.05, 3.63) is 54.5 Å². The van der Waals surface area contributed by atoms with Gasteiger partial charge in [-0.05, 0) is 44.7 Å². The third kappa shape index (κ3) is 3.91. The number of nitrogens with one attached hydrogen (secondary N) is 1. The van der Waals surface area contributed by atoms with E-state index in [-0.39, 0.29) is 30.4 Å². The van der Waals surface area contributed by atoms with Gasteiger partial charge in [0.2, 0.25) is 11.8 Å². The quantitative estimate of drug-likeness (QED) is 0.875. The van der Waals surface area contributed by atoms with Crippen molar-refractivity contribution in [1.29, 1.82) is 0 Å². The lowest BCUT2D eigenvalue weighted by Crippen LogP contribution is -2.45. The number of para-hydroxylation sites is 1. The molecule has 2 atom stereocenters. The van der Waals surface area contributed by atoms with E-state index in [1.54, 1.807) is 17.2 Å². The van der Waals surface area contributed by atoms with Crippen LogP contribution in [-0.4, -0.2) is 42.9 Å². The molecule has 0 spiro atoms. The first kappa shape index (κ1) is 17.2. The summed E-state index contributed by atoms with van der Waals surface area (Å²) in [5.41, 5.74) is 0.902. The van der Waals surface area contributed by atoms with Crippen LogP contribution < -0.4 is 10.2 Å². The minimum atomic E-state index is -0.273. The Balaban J connectivity index is 1.55. The zero-order chi connectivity index (χ0) is 17.8. The highest BCUT2D eigenvalue weighted by Gasteiger charge is 2.35. The van der Waals surface area contributed by atoms with Crippen molar-refractivity contribution in [2.75, 3.05) is 25.0 Å². The van der Waals surface area contributed by atoms with Crippen LogP contribution in [-0.2, 0) is 9.59 Å². The lowest BCUT2D eigenvalue weighted by Gasteiger charge is -2.24. The summed E-state index contributed by atoms with van der Waals surface area (Å²) in [7, 11) is 1.81. The van der Waals surface area contributed by atoms with Gasteiger partial charge in [-0.1, -0.05) is 18.2 Å². The van der Waals surface area contributed by atoms with Gasteiger partial charge >= 0.3 is 0 Å². The second-order valence-corrected chi connectivity index (χ2v) is 6.35. The number of hydrogen-bond donors (Lipinski definition) is 1. The van der Waals surface area contributed by atoms with Crippen molar-refractivity contribution in [1.82, 2.24) is 10.2 Å². The van der Waals surface area contributed by atoms with E-state index in [0.717, 1.165) is 5.69 Å². The molecule has 0 radical (unpaired) electrons. The van der Waals surface area contributed by atoms with E-state index in [0.29, 0.717) is 18.7 Å². The number of rotatable bonds is 6. The van der Waals surface area contributed by atoms with Crippen LogP contribution in [0, 0.1) is 0 Å². The minimum absolute atomic E-state index is 0.0422. The Hall–Kier alpha value is -2.60. The predicted octanol–water partition coefficient (Wildman–Crippen LogP) is 2.19. The number of benzene rings is 1. The number of carbonyl (C=O) groups is 2. The maximum absolute atomic E-state index is 12.7. The summed E-state index contributed by atoms with van der Waals surface area (Å²) in [6.07, 6.45) is 2.30. The fourth-order valence-electron chi connectivity index (χ4n) is 3.17. The van der Waals surface area contributed by atoms with Crippen LogP contribution in [0.5, 0.6) is 0 Å². The molecule has 0 aliphatic carbocycles. The van der Waals surface area contributed by atoms with Crippen LogP contribution in [0.25, 0.3) is 0 Å². The minimum Gasteiger partial charge on any atom is -0.467 e. The maximum Gasteiger partial charge on any atom is 0.244 e. The Kier molecular flexibility index (Phi) is 5.19. The van der Waals surface area contributed by atoms with Gasteiger partial charge in [-0.2, -0.15) is 0 Å². The molecule has 6 heteroatoms. The van der Waals surface area contributed by atoms with Gasteiger partial charge in [0.05, 0.1) is 24.9 Å². The van der Waals surface area contributed by atoms with E-state index in [4.69, 9.17) is 4.42 Å². The Labute approximate surface area is 147 Å². The summed E-state index contributed by atoms with van der Waals surface area (Å²) in [5, 5.41) is 2.90. The van der Waals surface area contributed by atoms with Gasteiger partial charge in [0.1, 0.15) is 5.76 Å². The van der Waals surface area contributed by atoms with Gasteiger partial charge < -0.3 is 14.6 Å². The molecule has 25 heavy (non-hydrogen) atoms. The van der Waals surface area contributed by atoms with Crippen LogP contribution in [0.15, 0.2) is 53.1 Å². The highest BCUT2D eigenvalue weighted by Crippen LogP contribution is 2.23. The van der Waals surface area contributed by atoms with Crippen molar-refractivity contribution in [2.24, 2.45) is 0 Å². The molecule has 2 aromatic rings. The smallest absolute Gasteiger partial charge is 0.244 e. The summed E-state index contributed by atoms with van der Waals surface area (Å²) >= 11 is 0. The number of furan rings is 1. The molecule has 0 bridgehead atoms. The Morgan fingerprint density at radius 1 is 1.32 bits per heavy atom. The molecule has 132 valence electrons. The van der Waals surface area contributed by atoms with Gasteiger partial charge in [-0.25, -0.2) is 0 Å². The SMILES string of the molecule is C[C@H](NC(=O)CN(C)[C@H]1CCN(c2ccccc2)C1=O)c1ccco1. The van der Waals surface area contributed by atoms with Gasteiger partial charge in [0, 0.05) is 12.2 Å². The maximum atomic E-state index is 12.7. The molecule has 1 saturated heterocycles. The lowest BCUT2D eigenvalue weighted by molar-refractivity contribution is -0.125. The second kappa shape index (κ2) is 7.53. The molecular formula is C19H23N3O3. The molecule has 2 heterocycles. The molecule has 3 rings (SSSR count). The van der Waals surface area contributed by atoms with Crippen LogP contribution >= 0.6 is 0 Å². The predicted molar refractivity (Wildman–Crippen MR) is 95.1 cm³/mol. The molecule has 1 N–H and O–H groups in total. The fourth-order valence-corrected chi connectivity index (χ4v) is 3.17. The lowest BCUT2D eigenvalue weighted by atomic mass is 10.2. The molecule has 0 saturated carbocycles. The summed E-state index contributed by atoms with van der Waals surface area (Å²) < 4.78 is 5.29. The number of anilines is 1. The molecule has 2 amide bonds. The third-order valence-electron chi connectivity index (χ3n) is 4.52. The Bertz CT molecular complexity index is 715. The first-order valence-corrected chi connectivity index (χ1v) is 8.45. The van der Waals surface area contributed by atoms with E-state index < -0.39 is 0 Å². The van der Waals surface area contributed by atoms with Crippen LogP contribution in [0.1, 0.15) is 25.1 Å². The van der Waals surface area contributed by atoms with Crippen molar-refractivity contribution >= 4 is 17.5 Å². The first-order valence-electron chi connectivity index (χ1n) is 8.45. The van der Waals surface area contributed by atoms with Gasteiger partial charge in [0.25, 0.3) is 0 Å². The highest BCUT2D eigenvalue weighted by molar-refractivity contribution is 5.99.